The molecule has 0 saturated heterocycles. The van der Waals surface area contributed by atoms with Crippen LogP contribution in [0.1, 0.15) is 66.1 Å². The Morgan fingerprint density at radius 1 is 0.884 bits per heavy atom. The summed E-state index contributed by atoms with van der Waals surface area (Å²) < 4.78 is 10.9. The van der Waals surface area contributed by atoms with Crippen LogP contribution < -0.4 is 9.47 Å². The summed E-state index contributed by atoms with van der Waals surface area (Å²) in [5.74, 6) is 1.13. The average molecular weight is 582 g/mol. The van der Waals surface area contributed by atoms with Crippen molar-refractivity contribution in [3.05, 3.63) is 95.2 Å². The Labute approximate surface area is 254 Å². The maximum Gasteiger partial charge on any atom is 0.254 e. The first kappa shape index (κ1) is 30.2. The lowest BCUT2D eigenvalue weighted by Crippen LogP contribution is -2.44. The summed E-state index contributed by atoms with van der Waals surface area (Å²) >= 11 is 0. The van der Waals surface area contributed by atoms with E-state index < -0.39 is 0 Å². The normalized spacial score (nSPS) is 12.7. The molecule has 0 spiro atoms. The number of unbranched alkanes of at least 4 members (excludes halogenated alkanes) is 2. The molecule has 0 atom stereocenters. The number of hydrogen-bond donors (Lipinski definition) is 1. The number of fused-ring (bicyclic) bond motifs is 1. The van der Waals surface area contributed by atoms with Crippen molar-refractivity contribution in [3.8, 4) is 11.5 Å². The highest BCUT2D eigenvalue weighted by molar-refractivity contribution is 5.97. The van der Waals surface area contributed by atoms with Gasteiger partial charge in [0.05, 0.1) is 14.2 Å². The minimum absolute atomic E-state index is 0.0585. The quantitative estimate of drug-likeness (QED) is 0.157. The minimum Gasteiger partial charge on any atom is -0.493 e. The third-order valence-electron chi connectivity index (χ3n) is 8.32. The second-order valence-electron chi connectivity index (χ2n) is 11.4. The number of methoxy groups -OCH3 is 2. The highest BCUT2D eigenvalue weighted by Crippen LogP contribution is 2.30. The molecule has 0 unspecified atom stereocenters. The van der Waals surface area contributed by atoms with Crippen LogP contribution in [-0.2, 0) is 24.2 Å². The lowest BCUT2D eigenvalue weighted by molar-refractivity contribution is -0.132. The number of hydrogen-bond acceptors (Lipinski definition) is 4. The van der Waals surface area contributed by atoms with Gasteiger partial charge in [-0.25, -0.2) is 0 Å². The molecule has 1 aromatic heterocycles. The Morgan fingerprint density at radius 3 is 2.35 bits per heavy atom. The zero-order valence-electron chi connectivity index (χ0n) is 25.6. The summed E-state index contributed by atoms with van der Waals surface area (Å²) in [6, 6.07) is 22.0. The van der Waals surface area contributed by atoms with E-state index in [4.69, 9.17) is 9.47 Å². The first-order valence-electron chi connectivity index (χ1n) is 15.4. The van der Waals surface area contributed by atoms with Crippen molar-refractivity contribution in [2.45, 2.75) is 64.5 Å². The molecule has 3 aromatic carbocycles. The predicted molar refractivity (Wildman–Crippen MR) is 171 cm³/mol. The number of benzene rings is 3. The summed E-state index contributed by atoms with van der Waals surface area (Å²) in [4.78, 5) is 34.7. The van der Waals surface area contributed by atoms with E-state index in [1.807, 2.05) is 53.6 Å². The van der Waals surface area contributed by atoms with Gasteiger partial charge in [0, 0.05) is 41.8 Å². The highest BCUT2D eigenvalue weighted by Gasteiger charge is 2.35. The Bertz CT molecular complexity index is 1520. The van der Waals surface area contributed by atoms with Crippen molar-refractivity contribution in [1.29, 1.82) is 0 Å². The molecule has 1 aliphatic carbocycles. The fraction of sp³-hybridized carbons (Fsp3) is 0.389. The summed E-state index contributed by atoms with van der Waals surface area (Å²) in [7, 11) is 3.22. The molecule has 0 bridgehead atoms. The molecule has 7 nitrogen and oxygen atoms in total. The fourth-order valence-electron chi connectivity index (χ4n) is 5.64. The van der Waals surface area contributed by atoms with Gasteiger partial charge in [0.2, 0.25) is 5.91 Å². The van der Waals surface area contributed by atoms with E-state index >= 15 is 0 Å². The molecule has 5 rings (SSSR count). The Hall–Kier alpha value is -4.26. The Kier molecular flexibility index (Phi) is 10.0. The topological polar surface area (TPSA) is 74.9 Å². The zero-order valence-corrected chi connectivity index (χ0v) is 25.6. The second kappa shape index (κ2) is 14.3. The van der Waals surface area contributed by atoms with Crippen molar-refractivity contribution >= 4 is 22.7 Å². The molecule has 226 valence electrons. The van der Waals surface area contributed by atoms with Crippen molar-refractivity contribution < 1.29 is 19.1 Å². The molecule has 1 N–H and O–H groups in total. The molecule has 2 amide bonds. The minimum atomic E-state index is -0.0707. The van der Waals surface area contributed by atoms with Crippen molar-refractivity contribution in [1.82, 2.24) is 14.8 Å². The van der Waals surface area contributed by atoms with Gasteiger partial charge in [-0.1, -0.05) is 56.2 Å². The van der Waals surface area contributed by atoms with Crippen LogP contribution in [0.25, 0.3) is 10.9 Å². The summed E-state index contributed by atoms with van der Waals surface area (Å²) in [6.45, 7) is 3.19. The number of ether oxygens (including phenoxy) is 2. The molecular weight excluding hydrogens is 538 g/mol. The van der Waals surface area contributed by atoms with E-state index in [1.54, 1.807) is 19.1 Å². The Morgan fingerprint density at radius 2 is 1.63 bits per heavy atom. The van der Waals surface area contributed by atoms with Crippen LogP contribution in [0.5, 0.6) is 11.5 Å². The highest BCUT2D eigenvalue weighted by atomic mass is 16.5. The summed E-state index contributed by atoms with van der Waals surface area (Å²) in [5, 5.41) is 1.16. The first-order valence-corrected chi connectivity index (χ1v) is 15.4. The molecular formula is C36H43N3O4. The lowest BCUT2D eigenvalue weighted by Gasteiger charge is -2.28. The van der Waals surface area contributed by atoms with Gasteiger partial charge in [-0.3, -0.25) is 9.59 Å². The third kappa shape index (κ3) is 7.58. The number of carbonyl (C=O) groups excluding carboxylic acids is 2. The van der Waals surface area contributed by atoms with Gasteiger partial charge in [-0.15, -0.1) is 0 Å². The van der Waals surface area contributed by atoms with Crippen LogP contribution in [0.4, 0.5) is 0 Å². The number of nitrogens with one attached hydrogen (secondary N) is 1. The van der Waals surface area contributed by atoms with Crippen LogP contribution in [0.15, 0.2) is 72.9 Å². The van der Waals surface area contributed by atoms with E-state index in [9.17, 15) is 9.59 Å². The standard InChI is InChI=1S/C36H43N3O4/c1-4-5-6-9-26-12-15-28(16-13-26)36(41)39(30-17-18-30)25-35(40)38(24-27-14-19-33(42-2)34(22-27)43-3)21-20-29-23-37-32-11-8-7-10-31(29)32/h7-8,10-16,19,22-23,30,37H,4-6,9,17-18,20-21,24-25H2,1-3H3. The van der Waals surface area contributed by atoms with E-state index in [-0.39, 0.29) is 24.4 Å². The third-order valence-corrected chi connectivity index (χ3v) is 8.32. The molecule has 1 aliphatic rings. The smallest absolute Gasteiger partial charge is 0.254 e. The Balaban J connectivity index is 1.33. The molecule has 4 aromatic rings. The van der Waals surface area contributed by atoms with Crippen LogP contribution in [0.3, 0.4) is 0 Å². The van der Waals surface area contributed by atoms with Crippen molar-refractivity contribution in [3.63, 3.8) is 0 Å². The molecule has 0 aliphatic heterocycles. The zero-order chi connectivity index (χ0) is 30.2. The maximum absolute atomic E-state index is 14.0. The molecule has 0 radical (unpaired) electrons. The predicted octanol–water partition coefficient (Wildman–Crippen LogP) is 6.79. The van der Waals surface area contributed by atoms with Crippen LogP contribution >= 0.6 is 0 Å². The van der Waals surface area contributed by atoms with Crippen LogP contribution in [0.2, 0.25) is 0 Å². The van der Waals surface area contributed by atoms with Crippen molar-refractivity contribution in [2.75, 3.05) is 27.3 Å². The van der Waals surface area contributed by atoms with E-state index in [0.717, 1.165) is 47.7 Å². The summed E-state index contributed by atoms with van der Waals surface area (Å²) in [5.41, 5.74) is 5.07. The van der Waals surface area contributed by atoms with Gasteiger partial charge in [-0.05, 0) is 79.1 Å². The second-order valence-corrected chi connectivity index (χ2v) is 11.4. The number of H-pyrrole nitrogens is 1. The summed E-state index contributed by atoms with van der Waals surface area (Å²) in [6.07, 6.45) is 9.15. The van der Waals surface area contributed by atoms with Crippen LogP contribution in [-0.4, -0.2) is 59.9 Å². The largest absolute Gasteiger partial charge is 0.493 e. The SMILES string of the molecule is CCCCCc1ccc(C(=O)N(CC(=O)N(CCc2c[nH]c3ccccc23)Cc2ccc(OC)c(OC)c2)C2CC2)cc1. The maximum atomic E-state index is 14.0. The monoisotopic (exact) mass is 581 g/mol. The molecule has 43 heavy (non-hydrogen) atoms. The van der Waals surface area contributed by atoms with Gasteiger partial charge < -0.3 is 24.3 Å². The van der Waals surface area contributed by atoms with Gasteiger partial charge in [0.1, 0.15) is 6.54 Å². The average Bonchev–Trinajstić information content (AvgIpc) is 3.81. The number of carbonyl (C=O) groups is 2. The van der Waals surface area contributed by atoms with Gasteiger partial charge in [-0.2, -0.15) is 0 Å². The number of para-hydroxylation sites is 1. The number of rotatable bonds is 15. The number of aryl methyl sites for hydroxylation is 1. The van der Waals surface area contributed by atoms with Crippen molar-refractivity contribution in [2.24, 2.45) is 0 Å². The molecule has 1 fully saturated rings. The molecule has 1 heterocycles. The number of aromatic amines is 1. The van der Waals surface area contributed by atoms with E-state index in [1.165, 1.54) is 18.4 Å². The lowest BCUT2D eigenvalue weighted by atomic mass is 10.0. The number of nitrogens with zero attached hydrogens (tertiary/aromatic N) is 2. The van der Waals surface area contributed by atoms with E-state index in [2.05, 4.69) is 36.2 Å². The van der Waals surface area contributed by atoms with Gasteiger partial charge >= 0.3 is 0 Å². The molecule has 1 saturated carbocycles. The van der Waals surface area contributed by atoms with Gasteiger partial charge in [0.25, 0.3) is 5.91 Å². The number of aromatic nitrogens is 1. The van der Waals surface area contributed by atoms with Crippen LogP contribution in [0, 0.1) is 0 Å². The first-order chi connectivity index (χ1) is 21.0. The van der Waals surface area contributed by atoms with E-state index in [0.29, 0.717) is 36.6 Å². The molecule has 7 heteroatoms. The number of amides is 2. The fourth-order valence-corrected chi connectivity index (χ4v) is 5.64. The van der Waals surface area contributed by atoms with Gasteiger partial charge in [0.15, 0.2) is 11.5 Å².